The van der Waals surface area contributed by atoms with E-state index >= 15 is 0 Å². The average molecular weight is 367 g/mol. The number of amides is 1. The summed E-state index contributed by atoms with van der Waals surface area (Å²) in [6.45, 7) is 9.15. The highest BCUT2D eigenvalue weighted by Crippen LogP contribution is 2.05. The fourth-order valence-corrected chi connectivity index (χ4v) is 3.10. The van der Waals surface area contributed by atoms with Crippen molar-refractivity contribution in [3.05, 3.63) is 30.3 Å². The number of rotatable bonds is 7. The number of carbonyl (C=O) groups excluding carboxylic acids is 1. The van der Waals surface area contributed by atoms with Crippen molar-refractivity contribution in [2.75, 3.05) is 32.4 Å². The van der Waals surface area contributed by atoms with E-state index in [9.17, 15) is 9.00 Å². The second-order valence-electron chi connectivity index (χ2n) is 6.75. The first-order valence-corrected chi connectivity index (χ1v) is 9.78. The van der Waals surface area contributed by atoms with Crippen molar-refractivity contribution in [3.63, 3.8) is 0 Å². The minimum absolute atomic E-state index is 0.0616. The third kappa shape index (κ3) is 8.67. The summed E-state index contributed by atoms with van der Waals surface area (Å²) >= 11 is 0. The molecule has 0 fully saturated rings. The van der Waals surface area contributed by atoms with E-state index in [4.69, 9.17) is 0 Å². The van der Waals surface area contributed by atoms with E-state index in [1.54, 1.807) is 4.90 Å². The predicted octanol–water partition coefficient (Wildman–Crippen LogP) is 1.61. The molecular formula is C18H30N4O2S. The van der Waals surface area contributed by atoms with Crippen LogP contribution >= 0.6 is 0 Å². The van der Waals surface area contributed by atoms with Gasteiger partial charge >= 0.3 is 0 Å². The molecule has 1 aromatic carbocycles. The van der Waals surface area contributed by atoms with Crippen LogP contribution in [0.15, 0.2) is 40.2 Å². The lowest BCUT2D eigenvalue weighted by Crippen LogP contribution is -2.48. The van der Waals surface area contributed by atoms with Gasteiger partial charge in [-0.15, -0.1) is 0 Å². The van der Waals surface area contributed by atoms with Gasteiger partial charge in [0.1, 0.15) is 0 Å². The maximum atomic E-state index is 12.2. The lowest BCUT2D eigenvalue weighted by molar-refractivity contribution is -0.122. The predicted molar refractivity (Wildman–Crippen MR) is 104 cm³/mol. The van der Waals surface area contributed by atoms with Crippen LogP contribution in [0.25, 0.3) is 0 Å². The molecule has 0 aliphatic rings. The first-order valence-electron chi connectivity index (χ1n) is 8.47. The van der Waals surface area contributed by atoms with Gasteiger partial charge in [0.15, 0.2) is 5.96 Å². The fourth-order valence-electron chi connectivity index (χ4n) is 2.14. The molecule has 0 aliphatic carbocycles. The summed E-state index contributed by atoms with van der Waals surface area (Å²) in [6, 6.07) is 9.37. The van der Waals surface area contributed by atoms with E-state index < -0.39 is 10.8 Å². The number of nitrogens with one attached hydrogen (secondary N) is 2. The molecular weight excluding hydrogens is 336 g/mol. The minimum atomic E-state index is -1.07. The Morgan fingerprint density at radius 3 is 2.44 bits per heavy atom. The van der Waals surface area contributed by atoms with Crippen molar-refractivity contribution in [2.24, 2.45) is 4.99 Å². The molecule has 140 valence electrons. The van der Waals surface area contributed by atoms with Crippen LogP contribution in [0, 0.1) is 0 Å². The number of hydrogen-bond acceptors (Lipinski definition) is 3. The van der Waals surface area contributed by atoms with Gasteiger partial charge in [0.05, 0.1) is 23.9 Å². The maximum Gasteiger partial charge on any atom is 0.240 e. The number of benzene rings is 1. The number of aliphatic imine (C=N–C) groups is 1. The van der Waals surface area contributed by atoms with Gasteiger partial charge in [0.25, 0.3) is 0 Å². The van der Waals surface area contributed by atoms with Crippen molar-refractivity contribution in [2.45, 2.75) is 38.1 Å². The number of guanidine groups is 1. The molecule has 0 radical (unpaired) electrons. The first kappa shape index (κ1) is 21.2. The number of carbonyl (C=O) groups is 1. The van der Waals surface area contributed by atoms with Crippen molar-refractivity contribution in [1.29, 1.82) is 0 Å². The molecule has 0 saturated heterocycles. The third-order valence-corrected chi connectivity index (χ3v) is 4.49. The van der Waals surface area contributed by atoms with Crippen molar-refractivity contribution in [3.8, 4) is 0 Å². The molecule has 7 heteroatoms. The smallest absolute Gasteiger partial charge is 0.240 e. The lowest BCUT2D eigenvalue weighted by Gasteiger charge is -2.25. The van der Waals surface area contributed by atoms with E-state index in [0.29, 0.717) is 24.8 Å². The first-order chi connectivity index (χ1) is 11.7. The molecule has 1 aromatic rings. The van der Waals surface area contributed by atoms with Crippen LogP contribution in [0.1, 0.15) is 27.7 Å². The standard InChI is InChI=1S/C18H30N4O2S/c1-6-19-17(22(5)14-16(23)21-18(2,3)4)20-12-13-25(24)15-10-8-7-9-11-15/h7-11H,6,12-14H2,1-5H3,(H,19,20)(H,21,23). The van der Waals surface area contributed by atoms with Gasteiger partial charge in [-0.2, -0.15) is 0 Å². The molecule has 0 spiro atoms. The highest BCUT2D eigenvalue weighted by molar-refractivity contribution is 7.85. The molecule has 0 aromatic heterocycles. The van der Waals surface area contributed by atoms with E-state index in [1.165, 1.54) is 0 Å². The molecule has 6 nitrogen and oxygen atoms in total. The SMILES string of the molecule is CCNC(=NCCS(=O)c1ccccc1)N(C)CC(=O)NC(C)(C)C. The topological polar surface area (TPSA) is 73.8 Å². The summed E-state index contributed by atoms with van der Waals surface area (Å²) in [5.41, 5.74) is -0.264. The summed E-state index contributed by atoms with van der Waals surface area (Å²) in [4.78, 5) is 19.1. The Bertz CT molecular complexity index is 597. The Kier molecular flexibility index (Phi) is 8.61. The molecule has 1 rings (SSSR count). The molecule has 0 bridgehead atoms. The van der Waals surface area contributed by atoms with Crippen LogP contribution in [-0.2, 0) is 15.6 Å². The van der Waals surface area contributed by atoms with Crippen molar-refractivity contribution >= 4 is 22.7 Å². The van der Waals surface area contributed by atoms with Crippen molar-refractivity contribution < 1.29 is 9.00 Å². The van der Waals surface area contributed by atoms with Gasteiger partial charge in [-0.1, -0.05) is 18.2 Å². The Balaban J connectivity index is 2.60. The lowest BCUT2D eigenvalue weighted by atomic mass is 10.1. The van der Waals surface area contributed by atoms with Gasteiger partial charge in [-0.05, 0) is 39.8 Å². The summed E-state index contributed by atoms with van der Waals surface area (Å²) in [6.07, 6.45) is 0. The number of nitrogens with zero attached hydrogens (tertiary/aromatic N) is 2. The van der Waals surface area contributed by atoms with Crippen LogP contribution in [-0.4, -0.2) is 58.9 Å². The van der Waals surface area contributed by atoms with E-state index in [1.807, 2.05) is 65.1 Å². The van der Waals surface area contributed by atoms with Crippen LogP contribution in [0.5, 0.6) is 0 Å². The molecule has 1 amide bonds. The zero-order valence-electron chi connectivity index (χ0n) is 15.8. The molecule has 0 saturated carbocycles. The maximum absolute atomic E-state index is 12.2. The van der Waals surface area contributed by atoms with E-state index in [-0.39, 0.29) is 18.0 Å². The van der Waals surface area contributed by atoms with Gasteiger partial charge in [-0.3, -0.25) is 14.0 Å². The molecule has 1 atom stereocenters. The molecule has 1 unspecified atom stereocenters. The van der Waals surface area contributed by atoms with E-state index in [2.05, 4.69) is 15.6 Å². The Labute approximate surface area is 153 Å². The molecule has 2 N–H and O–H groups in total. The van der Waals surface area contributed by atoms with Gasteiger partial charge in [0.2, 0.25) is 5.91 Å². The second-order valence-corrected chi connectivity index (χ2v) is 8.32. The second kappa shape index (κ2) is 10.2. The summed E-state index contributed by atoms with van der Waals surface area (Å²) < 4.78 is 12.2. The summed E-state index contributed by atoms with van der Waals surface area (Å²) in [7, 11) is 0.744. The molecule has 0 heterocycles. The summed E-state index contributed by atoms with van der Waals surface area (Å²) in [5.74, 6) is 1.02. The quantitative estimate of drug-likeness (QED) is 0.568. The van der Waals surface area contributed by atoms with Crippen molar-refractivity contribution in [1.82, 2.24) is 15.5 Å². The zero-order chi connectivity index (χ0) is 18.9. The van der Waals surface area contributed by atoms with Crippen LogP contribution < -0.4 is 10.6 Å². The highest BCUT2D eigenvalue weighted by Gasteiger charge is 2.16. The van der Waals surface area contributed by atoms with Crippen LogP contribution in [0.4, 0.5) is 0 Å². The Morgan fingerprint density at radius 1 is 1.24 bits per heavy atom. The number of likely N-dealkylation sites (N-methyl/N-ethyl adjacent to an activating group) is 1. The van der Waals surface area contributed by atoms with Gasteiger partial charge in [0, 0.05) is 29.8 Å². The average Bonchev–Trinajstić information content (AvgIpc) is 2.52. The Morgan fingerprint density at radius 2 is 1.88 bits per heavy atom. The molecule has 25 heavy (non-hydrogen) atoms. The van der Waals surface area contributed by atoms with Crippen LogP contribution in [0.2, 0.25) is 0 Å². The van der Waals surface area contributed by atoms with Gasteiger partial charge in [-0.25, -0.2) is 0 Å². The zero-order valence-corrected chi connectivity index (χ0v) is 16.7. The Hall–Kier alpha value is -1.89. The van der Waals surface area contributed by atoms with Crippen LogP contribution in [0.3, 0.4) is 0 Å². The minimum Gasteiger partial charge on any atom is -0.357 e. The molecule has 0 aliphatic heterocycles. The summed E-state index contributed by atoms with van der Waals surface area (Å²) in [5, 5.41) is 6.09. The monoisotopic (exact) mass is 366 g/mol. The van der Waals surface area contributed by atoms with E-state index in [0.717, 1.165) is 4.90 Å². The fraction of sp³-hybridized carbons (Fsp3) is 0.556. The largest absolute Gasteiger partial charge is 0.357 e. The van der Waals surface area contributed by atoms with Gasteiger partial charge < -0.3 is 15.5 Å². The highest BCUT2D eigenvalue weighted by atomic mass is 32.2. The third-order valence-electron chi connectivity index (χ3n) is 3.14. The number of hydrogen-bond donors (Lipinski definition) is 2. The normalized spacial score (nSPS) is 13.2.